The van der Waals surface area contributed by atoms with Crippen molar-refractivity contribution in [3.05, 3.63) is 46.4 Å². The Labute approximate surface area is 116 Å². The van der Waals surface area contributed by atoms with Crippen LogP contribution in [0.4, 0.5) is 0 Å². The molecule has 102 valence electrons. The molecule has 2 rings (SSSR count). The summed E-state index contributed by atoms with van der Waals surface area (Å²) in [6.07, 6.45) is 1.53. The molecule has 2 aromatic rings. The summed E-state index contributed by atoms with van der Waals surface area (Å²) < 4.78 is 24.3. The molecular weight excluding hydrogens is 282 g/mol. The summed E-state index contributed by atoms with van der Waals surface area (Å²) in [4.78, 5) is 5.02. The molecule has 0 aliphatic rings. The van der Waals surface area contributed by atoms with Gasteiger partial charge in [0.15, 0.2) is 9.84 Å². The number of hydrogen-bond acceptors (Lipinski definition) is 5. The number of nitrogens with zero attached hydrogens (tertiary/aromatic N) is 1. The van der Waals surface area contributed by atoms with E-state index in [-0.39, 0.29) is 10.6 Å². The number of benzene rings is 1. The first kappa shape index (κ1) is 14.2. The maximum atomic E-state index is 12.2. The van der Waals surface area contributed by atoms with Gasteiger partial charge >= 0.3 is 0 Å². The summed E-state index contributed by atoms with van der Waals surface area (Å²) in [5.41, 5.74) is -0.994. The van der Waals surface area contributed by atoms with Crippen molar-refractivity contribution in [1.29, 1.82) is 0 Å². The Kier molecular flexibility index (Phi) is 3.75. The fraction of sp³-hybridized carbons (Fsp3) is 0.308. The second kappa shape index (κ2) is 5.03. The summed E-state index contributed by atoms with van der Waals surface area (Å²) in [7, 11) is -3.38. The zero-order chi connectivity index (χ0) is 14.1. The third kappa shape index (κ3) is 3.40. The molecule has 0 fully saturated rings. The highest BCUT2D eigenvalue weighted by molar-refractivity contribution is 7.90. The molecule has 0 radical (unpaired) electrons. The van der Waals surface area contributed by atoms with Gasteiger partial charge in [-0.15, -0.1) is 11.3 Å². The molecule has 1 aromatic heterocycles. The predicted octanol–water partition coefficient (Wildman–Crippen LogP) is 2.34. The maximum Gasteiger partial charge on any atom is 0.184 e. The van der Waals surface area contributed by atoms with Crippen LogP contribution in [0.15, 0.2) is 41.4 Å². The minimum atomic E-state index is -3.38. The molecule has 1 heterocycles. The highest BCUT2D eigenvalue weighted by Crippen LogP contribution is 2.27. The lowest BCUT2D eigenvalue weighted by Gasteiger charge is -2.13. The van der Waals surface area contributed by atoms with Crippen LogP contribution in [-0.4, -0.2) is 18.5 Å². The lowest BCUT2D eigenvalue weighted by Crippen LogP contribution is -2.12. The number of thiazole rings is 1. The Morgan fingerprint density at radius 2 is 1.89 bits per heavy atom. The van der Waals surface area contributed by atoms with Gasteiger partial charge in [0.05, 0.1) is 15.4 Å². The van der Waals surface area contributed by atoms with Crippen molar-refractivity contribution in [2.45, 2.75) is 30.1 Å². The second-order valence-electron chi connectivity index (χ2n) is 4.75. The van der Waals surface area contributed by atoms with Crippen LogP contribution in [-0.2, 0) is 21.2 Å². The van der Waals surface area contributed by atoms with Crippen molar-refractivity contribution in [1.82, 2.24) is 4.98 Å². The lowest BCUT2D eigenvalue weighted by atomic mass is 10.1. The Hall–Kier alpha value is -1.24. The van der Waals surface area contributed by atoms with Gasteiger partial charge < -0.3 is 5.11 Å². The van der Waals surface area contributed by atoms with Gasteiger partial charge in [0.2, 0.25) is 0 Å². The maximum absolute atomic E-state index is 12.2. The van der Waals surface area contributed by atoms with Crippen molar-refractivity contribution < 1.29 is 13.5 Å². The SMILES string of the molecule is CC(C)(O)c1cnc(CS(=O)(=O)c2ccccc2)s1. The highest BCUT2D eigenvalue weighted by Gasteiger charge is 2.22. The predicted molar refractivity (Wildman–Crippen MR) is 74.7 cm³/mol. The van der Waals surface area contributed by atoms with Crippen LogP contribution in [0.1, 0.15) is 23.7 Å². The normalized spacial score (nSPS) is 12.6. The quantitative estimate of drug-likeness (QED) is 0.940. The van der Waals surface area contributed by atoms with Crippen LogP contribution in [0.2, 0.25) is 0 Å². The molecular formula is C13H15NO3S2. The highest BCUT2D eigenvalue weighted by atomic mass is 32.2. The molecule has 19 heavy (non-hydrogen) atoms. The zero-order valence-electron chi connectivity index (χ0n) is 10.7. The van der Waals surface area contributed by atoms with Crippen molar-refractivity contribution in [3.63, 3.8) is 0 Å². The number of hydrogen-bond donors (Lipinski definition) is 1. The second-order valence-corrected chi connectivity index (χ2v) is 7.85. The average molecular weight is 297 g/mol. The molecule has 0 bridgehead atoms. The van der Waals surface area contributed by atoms with Gasteiger partial charge in [-0.3, -0.25) is 0 Å². The topological polar surface area (TPSA) is 67.3 Å². The van der Waals surface area contributed by atoms with Crippen molar-refractivity contribution in [3.8, 4) is 0 Å². The third-order valence-electron chi connectivity index (χ3n) is 2.57. The van der Waals surface area contributed by atoms with E-state index in [2.05, 4.69) is 4.98 Å². The monoisotopic (exact) mass is 297 g/mol. The summed E-state index contributed by atoms with van der Waals surface area (Å²) in [6, 6.07) is 8.29. The first-order valence-corrected chi connectivity index (χ1v) is 8.21. The van der Waals surface area contributed by atoms with E-state index in [9.17, 15) is 13.5 Å². The van der Waals surface area contributed by atoms with E-state index in [4.69, 9.17) is 0 Å². The summed E-state index contributed by atoms with van der Waals surface area (Å²) >= 11 is 1.22. The van der Waals surface area contributed by atoms with E-state index in [1.807, 2.05) is 0 Å². The molecule has 0 amide bonds. The van der Waals surface area contributed by atoms with Gasteiger partial charge in [0.25, 0.3) is 0 Å². The van der Waals surface area contributed by atoms with Crippen molar-refractivity contribution in [2.75, 3.05) is 0 Å². The first-order chi connectivity index (χ1) is 8.79. The lowest BCUT2D eigenvalue weighted by molar-refractivity contribution is 0.0823. The largest absolute Gasteiger partial charge is 0.385 e. The molecule has 1 aromatic carbocycles. The Morgan fingerprint density at radius 3 is 2.42 bits per heavy atom. The van der Waals surface area contributed by atoms with Crippen LogP contribution < -0.4 is 0 Å². The average Bonchev–Trinajstić information content (AvgIpc) is 2.78. The molecule has 0 atom stereocenters. The molecule has 0 aliphatic heterocycles. The van der Waals surface area contributed by atoms with Gasteiger partial charge in [-0.1, -0.05) is 18.2 Å². The van der Waals surface area contributed by atoms with Crippen LogP contribution in [0, 0.1) is 0 Å². The number of rotatable bonds is 4. The number of aliphatic hydroxyl groups is 1. The summed E-state index contributed by atoms with van der Waals surface area (Å²) in [5, 5.41) is 10.3. The standard InChI is InChI=1S/C13H15NO3S2/c1-13(2,15)11-8-14-12(18-11)9-19(16,17)10-6-4-3-5-7-10/h3-8,15H,9H2,1-2H3. The molecule has 0 unspecified atom stereocenters. The Bertz CT molecular complexity index is 655. The smallest absolute Gasteiger partial charge is 0.184 e. The van der Waals surface area contributed by atoms with E-state index in [0.717, 1.165) is 0 Å². The molecule has 0 saturated carbocycles. The Morgan fingerprint density at radius 1 is 1.26 bits per heavy atom. The van der Waals surface area contributed by atoms with Gasteiger partial charge in [0.1, 0.15) is 10.8 Å². The fourth-order valence-electron chi connectivity index (χ4n) is 1.53. The van der Waals surface area contributed by atoms with E-state index >= 15 is 0 Å². The van der Waals surface area contributed by atoms with E-state index in [1.54, 1.807) is 44.2 Å². The number of sulfone groups is 1. The van der Waals surface area contributed by atoms with Gasteiger partial charge in [0, 0.05) is 6.20 Å². The van der Waals surface area contributed by atoms with E-state index in [1.165, 1.54) is 17.5 Å². The molecule has 0 saturated heterocycles. The molecule has 1 N–H and O–H groups in total. The van der Waals surface area contributed by atoms with E-state index in [0.29, 0.717) is 9.88 Å². The van der Waals surface area contributed by atoms with Gasteiger partial charge in [-0.25, -0.2) is 13.4 Å². The third-order valence-corrected chi connectivity index (χ3v) is 5.71. The summed E-state index contributed by atoms with van der Waals surface area (Å²) in [6.45, 7) is 3.30. The van der Waals surface area contributed by atoms with Gasteiger partial charge in [-0.2, -0.15) is 0 Å². The zero-order valence-corrected chi connectivity index (χ0v) is 12.3. The van der Waals surface area contributed by atoms with Crippen LogP contribution in [0.25, 0.3) is 0 Å². The minimum absolute atomic E-state index is 0.141. The molecule has 0 aliphatic carbocycles. The van der Waals surface area contributed by atoms with Crippen LogP contribution in [0.3, 0.4) is 0 Å². The van der Waals surface area contributed by atoms with Crippen molar-refractivity contribution >= 4 is 21.2 Å². The van der Waals surface area contributed by atoms with Crippen molar-refractivity contribution in [2.24, 2.45) is 0 Å². The van der Waals surface area contributed by atoms with Crippen LogP contribution >= 0.6 is 11.3 Å². The molecule has 0 spiro atoms. The Balaban J connectivity index is 2.25. The molecule has 6 heteroatoms. The first-order valence-electron chi connectivity index (χ1n) is 5.74. The summed E-state index contributed by atoms with van der Waals surface area (Å²) in [5.74, 6) is -0.141. The van der Waals surface area contributed by atoms with Crippen LogP contribution in [0.5, 0.6) is 0 Å². The number of aromatic nitrogens is 1. The molecule has 4 nitrogen and oxygen atoms in total. The minimum Gasteiger partial charge on any atom is -0.385 e. The van der Waals surface area contributed by atoms with Gasteiger partial charge in [-0.05, 0) is 26.0 Å². The van der Waals surface area contributed by atoms with E-state index < -0.39 is 15.4 Å². The fourth-order valence-corrected chi connectivity index (χ4v) is 4.09.